The summed E-state index contributed by atoms with van der Waals surface area (Å²) in [6.45, 7) is 2.04. The quantitative estimate of drug-likeness (QED) is 0.715. The highest BCUT2D eigenvalue weighted by molar-refractivity contribution is 5.32. The molecular weight excluding hydrogens is 152 g/mol. The first-order valence-corrected chi connectivity index (χ1v) is 4.13. The van der Waals surface area contributed by atoms with Gasteiger partial charge in [-0.3, -0.25) is 0 Å². The van der Waals surface area contributed by atoms with Gasteiger partial charge in [-0.25, -0.2) is 4.98 Å². The Labute approximate surface area is 72.2 Å². The zero-order chi connectivity index (χ0) is 8.97. The summed E-state index contributed by atoms with van der Waals surface area (Å²) in [5.41, 5.74) is 6.32. The van der Waals surface area contributed by atoms with E-state index in [9.17, 15) is 5.11 Å². The van der Waals surface area contributed by atoms with E-state index in [0.29, 0.717) is 5.82 Å². The van der Waals surface area contributed by atoms with Crippen molar-refractivity contribution < 1.29 is 5.11 Å². The molecule has 0 bridgehead atoms. The molecule has 0 aromatic carbocycles. The van der Waals surface area contributed by atoms with Gasteiger partial charge in [0.1, 0.15) is 5.82 Å². The molecule has 0 saturated heterocycles. The van der Waals surface area contributed by atoms with Gasteiger partial charge in [0.05, 0.1) is 6.10 Å². The number of rotatable bonds is 3. The minimum absolute atomic E-state index is 0.403. The summed E-state index contributed by atoms with van der Waals surface area (Å²) in [7, 11) is 0. The molecule has 1 aromatic rings. The number of anilines is 1. The first-order valence-electron chi connectivity index (χ1n) is 4.13. The highest BCUT2D eigenvalue weighted by atomic mass is 16.3. The lowest BCUT2D eigenvalue weighted by Gasteiger charge is -2.08. The summed E-state index contributed by atoms with van der Waals surface area (Å²) < 4.78 is 0. The molecule has 1 aromatic heterocycles. The third kappa shape index (κ3) is 2.20. The van der Waals surface area contributed by atoms with Crippen molar-refractivity contribution >= 4 is 5.82 Å². The Morgan fingerprint density at radius 2 is 2.42 bits per heavy atom. The van der Waals surface area contributed by atoms with Crippen molar-refractivity contribution in [1.29, 1.82) is 0 Å². The molecule has 0 saturated carbocycles. The number of nitrogens with two attached hydrogens (primary N) is 1. The summed E-state index contributed by atoms with van der Waals surface area (Å²) in [6.07, 6.45) is 2.94. The van der Waals surface area contributed by atoms with Gasteiger partial charge in [-0.15, -0.1) is 0 Å². The predicted octanol–water partition coefficient (Wildman–Crippen LogP) is 1.50. The van der Waals surface area contributed by atoms with Gasteiger partial charge in [0.25, 0.3) is 0 Å². The Morgan fingerprint density at radius 1 is 1.67 bits per heavy atom. The minimum atomic E-state index is -0.403. The average molecular weight is 166 g/mol. The molecule has 0 radical (unpaired) electrons. The fraction of sp³-hybridized carbons (Fsp3) is 0.444. The van der Waals surface area contributed by atoms with Crippen molar-refractivity contribution in [2.75, 3.05) is 5.73 Å². The smallest absolute Gasteiger partial charge is 0.123 e. The molecule has 0 fully saturated rings. The molecule has 1 heterocycles. The van der Waals surface area contributed by atoms with E-state index in [1.807, 2.05) is 6.92 Å². The van der Waals surface area contributed by atoms with E-state index in [-0.39, 0.29) is 0 Å². The van der Waals surface area contributed by atoms with Gasteiger partial charge in [0.15, 0.2) is 0 Å². The first-order chi connectivity index (χ1) is 5.74. The zero-order valence-electron chi connectivity index (χ0n) is 7.20. The van der Waals surface area contributed by atoms with Crippen LogP contribution in [0.15, 0.2) is 18.3 Å². The predicted molar refractivity (Wildman–Crippen MR) is 48.5 cm³/mol. The Kier molecular flexibility index (Phi) is 3.05. The number of aliphatic hydroxyl groups is 1. The van der Waals surface area contributed by atoms with E-state index in [1.165, 1.54) is 0 Å². The Hall–Kier alpha value is -1.09. The van der Waals surface area contributed by atoms with Gasteiger partial charge in [-0.2, -0.15) is 0 Å². The third-order valence-electron chi connectivity index (χ3n) is 1.75. The molecule has 0 aliphatic carbocycles. The van der Waals surface area contributed by atoms with Crippen molar-refractivity contribution in [1.82, 2.24) is 4.98 Å². The number of aromatic nitrogens is 1. The van der Waals surface area contributed by atoms with Crippen LogP contribution < -0.4 is 5.73 Å². The second kappa shape index (κ2) is 4.07. The molecule has 1 unspecified atom stereocenters. The molecule has 0 aliphatic heterocycles. The molecule has 0 spiro atoms. The molecule has 1 rings (SSSR count). The number of hydrogen-bond donors (Lipinski definition) is 2. The molecule has 1 atom stereocenters. The van der Waals surface area contributed by atoms with Crippen molar-refractivity contribution in [3.63, 3.8) is 0 Å². The highest BCUT2D eigenvalue weighted by Crippen LogP contribution is 2.18. The molecule has 0 aliphatic rings. The lowest BCUT2D eigenvalue weighted by atomic mass is 10.1. The normalized spacial score (nSPS) is 12.8. The van der Waals surface area contributed by atoms with Crippen LogP contribution in [0.2, 0.25) is 0 Å². The van der Waals surface area contributed by atoms with Crippen LogP contribution >= 0.6 is 0 Å². The topological polar surface area (TPSA) is 59.1 Å². The highest BCUT2D eigenvalue weighted by Gasteiger charge is 2.05. The van der Waals surface area contributed by atoms with Gasteiger partial charge < -0.3 is 10.8 Å². The van der Waals surface area contributed by atoms with Crippen LogP contribution in [-0.4, -0.2) is 10.1 Å². The molecular formula is C9H14N2O. The van der Waals surface area contributed by atoms with E-state index < -0.39 is 6.10 Å². The number of aliphatic hydroxyl groups excluding tert-OH is 1. The summed E-state index contributed by atoms with van der Waals surface area (Å²) in [5.74, 6) is 0.461. The number of pyridine rings is 1. The van der Waals surface area contributed by atoms with Crippen LogP contribution in [0.5, 0.6) is 0 Å². The van der Waals surface area contributed by atoms with Crippen molar-refractivity contribution in [3.05, 3.63) is 23.9 Å². The molecule has 12 heavy (non-hydrogen) atoms. The number of nitrogen functional groups attached to an aromatic ring is 1. The second-order valence-corrected chi connectivity index (χ2v) is 2.82. The summed E-state index contributed by atoms with van der Waals surface area (Å²) in [6, 6.07) is 3.50. The molecule has 3 N–H and O–H groups in total. The minimum Gasteiger partial charge on any atom is -0.388 e. The maximum absolute atomic E-state index is 9.56. The van der Waals surface area contributed by atoms with Crippen LogP contribution in [0.1, 0.15) is 31.4 Å². The molecule has 3 nitrogen and oxygen atoms in total. The maximum atomic E-state index is 9.56. The van der Waals surface area contributed by atoms with E-state index in [4.69, 9.17) is 5.73 Å². The van der Waals surface area contributed by atoms with Crippen LogP contribution in [0.4, 0.5) is 5.82 Å². The Bertz CT molecular complexity index is 250. The number of hydrogen-bond acceptors (Lipinski definition) is 3. The van der Waals surface area contributed by atoms with Gasteiger partial charge in [-0.05, 0) is 24.1 Å². The Morgan fingerprint density at radius 3 is 3.00 bits per heavy atom. The molecule has 66 valence electrons. The van der Waals surface area contributed by atoms with Gasteiger partial charge in [-0.1, -0.05) is 13.3 Å². The average Bonchev–Trinajstić information content (AvgIpc) is 2.05. The summed E-state index contributed by atoms with van der Waals surface area (Å²) in [5, 5.41) is 9.56. The van der Waals surface area contributed by atoms with Crippen LogP contribution in [-0.2, 0) is 0 Å². The summed E-state index contributed by atoms with van der Waals surface area (Å²) >= 11 is 0. The zero-order valence-corrected chi connectivity index (χ0v) is 7.20. The largest absolute Gasteiger partial charge is 0.388 e. The SMILES string of the molecule is CCCC(O)c1ccnc(N)c1. The number of nitrogens with zero attached hydrogens (tertiary/aromatic N) is 1. The molecule has 3 heteroatoms. The van der Waals surface area contributed by atoms with Crippen LogP contribution in [0.3, 0.4) is 0 Å². The van der Waals surface area contributed by atoms with Crippen LogP contribution in [0.25, 0.3) is 0 Å². The maximum Gasteiger partial charge on any atom is 0.123 e. The third-order valence-corrected chi connectivity index (χ3v) is 1.75. The second-order valence-electron chi connectivity index (χ2n) is 2.82. The van der Waals surface area contributed by atoms with E-state index in [1.54, 1.807) is 18.3 Å². The lowest BCUT2D eigenvalue weighted by molar-refractivity contribution is 0.166. The van der Waals surface area contributed by atoms with Crippen molar-refractivity contribution in [2.45, 2.75) is 25.9 Å². The van der Waals surface area contributed by atoms with Crippen molar-refractivity contribution in [2.24, 2.45) is 0 Å². The van der Waals surface area contributed by atoms with Crippen molar-refractivity contribution in [3.8, 4) is 0 Å². The van der Waals surface area contributed by atoms with Gasteiger partial charge in [0, 0.05) is 6.20 Å². The summed E-state index contributed by atoms with van der Waals surface area (Å²) in [4.78, 5) is 3.85. The molecule has 0 amide bonds. The fourth-order valence-corrected chi connectivity index (χ4v) is 1.11. The Balaban J connectivity index is 2.73. The van der Waals surface area contributed by atoms with E-state index in [0.717, 1.165) is 18.4 Å². The lowest BCUT2D eigenvalue weighted by Crippen LogP contribution is -1.99. The van der Waals surface area contributed by atoms with E-state index in [2.05, 4.69) is 4.98 Å². The van der Waals surface area contributed by atoms with Gasteiger partial charge in [0.2, 0.25) is 0 Å². The van der Waals surface area contributed by atoms with Crippen LogP contribution in [0, 0.1) is 0 Å². The monoisotopic (exact) mass is 166 g/mol. The first kappa shape index (κ1) is 9.00. The van der Waals surface area contributed by atoms with E-state index >= 15 is 0 Å². The standard InChI is InChI=1S/C9H14N2O/c1-2-3-8(12)7-4-5-11-9(10)6-7/h4-6,8,12H,2-3H2,1H3,(H2,10,11). The fourth-order valence-electron chi connectivity index (χ4n) is 1.11. The van der Waals surface area contributed by atoms with Gasteiger partial charge >= 0.3 is 0 Å².